The van der Waals surface area contributed by atoms with E-state index in [1.807, 2.05) is 36.4 Å². The van der Waals surface area contributed by atoms with Crippen LogP contribution in [0.15, 0.2) is 48.2 Å². The predicted octanol–water partition coefficient (Wildman–Crippen LogP) is 5.14. The number of anilines is 1. The van der Waals surface area contributed by atoms with Gasteiger partial charge in [-0.05, 0) is 70.7 Å². The van der Waals surface area contributed by atoms with Gasteiger partial charge in [-0.1, -0.05) is 45.9 Å². The molecular weight excluding hydrogens is 376 g/mol. The van der Waals surface area contributed by atoms with E-state index in [1.165, 1.54) is 16.0 Å². The Labute approximate surface area is 177 Å². The van der Waals surface area contributed by atoms with Crippen LogP contribution in [-0.4, -0.2) is 19.0 Å². The molecule has 1 saturated heterocycles. The maximum Gasteiger partial charge on any atom is 0.333 e. The molecule has 1 aliphatic carbocycles. The minimum absolute atomic E-state index is 0.00186. The van der Waals surface area contributed by atoms with E-state index >= 15 is 0 Å². The molecule has 2 aromatic carbocycles. The summed E-state index contributed by atoms with van der Waals surface area (Å²) in [4.78, 5) is 27.0. The Hall–Kier alpha value is -3.08. The van der Waals surface area contributed by atoms with Gasteiger partial charge in [-0.15, -0.1) is 0 Å². The van der Waals surface area contributed by atoms with E-state index in [2.05, 4.69) is 39.1 Å². The third-order valence-electron chi connectivity index (χ3n) is 6.40. The molecule has 2 aromatic rings. The third-order valence-corrected chi connectivity index (χ3v) is 6.40. The van der Waals surface area contributed by atoms with Gasteiger partial charge >= 0.3 is 6.03 Å². The Morgan fingerprint density at radius 2 is 1.57 bits per heavy atom. The summed E-state index contributed by atoms with van der Waals surface area (Å²) in [6.45, 7) is 8.96. The second-order valence-corrected chi connectivity index (χ2v) is 9.40. The van der Waals surface area contributed by atoms with Crippen molar-refractivity contribution >= 4 is 23.7 Å². The van der Waals surface area contributed by atoms with Gasteiger partial charge in [-0.2, -0.15) is 0 Å². The van der Waals surface area contributed by atoms with Gasteiger partial charge in [0.2, 0.25) is 0 Å². The monoisotopic (exact) mass is 404 g/mol. The zero-order valence-corrected chi connectivity index (χ0v) is 18.2. The number of amides is 3. The lowest BCUT2D eigenvalue weighted by atomic mass is 9.63. The maximum absolute atomic E-state index is 13.1. The molecule has 0 saturated carbocycles. The van der Waals surface area contributed by atoms with Crippen molar-refractivity contribution in [3.63, 3.8) is 0 Å². The molecule has 4 rings (SSSR count). The number of ether oxygens (including phenoxy) is 1. The Balaban J connectivity index is 1.69. The fourth-order valence-electron chi connectivity index (χ4n) is 4.35. The Kier molecular flexibility index (Phi) is 4.72. The second-order valence-electron chi connectivity index (χ2n) is 9.40. The van der Waals surface area contributed by atoms with Crippen LogP contribution in [0, 0.1) is 0 Å². The lowest BCUT2D eigenvalue weighted by Gasteiger charge is -2.42. The summed E-state index contributed by atoms with van der Waals surface area (Å²) in [6.07, 6.45) is 3.87. The fraction of sp³-hybridized carbons (Fsp3) is 0.360. The summed E-state index contributed by atoms with van der Waals surface area (Å²) < 4.78 is 5.16. The van der Waals surface area contributed by atoms with E-state index in [0.717, 1.165) is 24.2 Å². The van der Waals surface area contributed by atoms with Crippen LogP contribution >= 0.6 is 0 Å². The molecule has 30 heavy (non-hydrogen) atoms. The fourth-order valence-corrected chi connectivity index (χ4v) is 4.35. The molecule has 1 N–H and O–H groups in total. The summed E-state index contributed by atoms with van der Waals surface area (Å²) in [5, 5.41) is 2.71. The van der Waals surface area contributed by atoms with Crippen LogP contribution in [0.3, 0.4) is 0 Å². The maximum atomic E-state index is 13.1. The van der Waals surface area contributed by atoms with Crippen LogP contribution in [0.25, 0.3) is 6.08 Å². The zero-order chi connectivity index (χ0) is 21.7. The van der Waals surface area contributed by atoms with Crippen molar-refractivity contribution < 1.29 is 14.3 Å². The normalized spacial score (nSPS) is 20.8. The largest absolute Gasteiger partial charge is 0.497 e. The van der Waals surface area contributed by atoms with Crippen LogP contribution in [0.5, 0.6) is 5.75 Å². The first-order chi connectivity index (χ1) is 14.1. The van der Waals surface area contributed by atoms with Crippen molar-refractivity contribution in [3.8, 4) is 5.75 Å². The highest BCUT2D eigenvalue weighted by Crippen LogP contribution is 2.47. The van der Waals surface area contributed by atoms with E-state index < -0.39 is 6.03 Å². The SMILES string of the molecule is COc1ccc(C=C2NC(=O)N(c3ccc4c(c3)C(C)(C)CCC4(C)C)C2=O)cc1. The first kappa shape index (κ1) is 20.2. The number of nitrogens with zero attached hydrogens (tertiary/aromatic N) is 1. The van der Waals surface area contributed by atoms with E-state index in [4.69, 9.17) is 4.74 Å². The van der Waals surface area contributed by atoms with Crippen LogP contribution in [0.2, 0.25) is 0 Å². The van der Waals surface area contributed by atoms with Gasteiger partial charge < -0.3 is 10.1 Å². The van der Waals surface area contributed by atoms with Gasteiger partial charge in [-0.25, -0.2) is 9.69 Å². The topological polar surface area (TPSA) is 58.6 Å². The van der Waals surface area contributed by atoms with Crippen molar-refractivity contribution in [1.29, 1.82) is 0 Å². The van der Waals surface area contributed by atoms with Crippen LogP contribution < -0.4 is 15.0 Å². The van der Waals surface area contributed by atoms with E-state index in [0.29, 0.717) is 5.69 Å². The number of fused-ring (bicyclic) bond motifs is 1. The van der Waals surface area contributed by atoms with Crippen molar-refractivity contribution in [2.24, 2.45) is 0 Å². The molecular formula is C25H28N2O3. The van der Waals surface area contributed by atoms with Crippen molar-refractivity contribution in [1.82, 2.24) is 5.32 Å². The molecule has 0 bridgehead atoms. The molecule has 0 aromatic heterocycles. The minimum Gasteiger partial charge on any atom is -0.497 e. The third kappa shape index (κ3) is 3.38. The highest BCUT2D eigenvalue weighted by Gasteiger charge is 2.39. The van der Waals surface area contributed by atoms with Crippen LogP contribution in [0.4, 0.5) is 10.5 Å². The Morgan fingerprint density at radius 1 is 0.933 bits per heavy atom. The number of nitrogens with one attached hydrogen (secondary N) is 1. The molecule has 3 amide bonds. The first-order valence-corrected chi connectivity index (χ1v) is 10.3. The zero-order valence-electron chi connectivity index (χ0n) is 18.2. The van der Waals surface area contributed by atoms with Crippen LogP contribution in [0.1, 0.15) is 57.2 Å². The number of hydrogen-bond donors (Lipinski definition) is 1. The highest BCUT2D eigenvalue weighted by atomic mass is 16.5. The Bertz CT molecular complexity index is 1050. The molecule has 5 heteroatoms. The van der Waals surface area contributed by atoms with E-state index in [-0.39, 0.29) is 22.4 Å². The lowest BCUT2D eigenvalue weighted by molar-refractivity contribution is -0.113. The molecule has 0 unspecified atom stereocenters. The van der Waals surface area contributed by atoms with Gasteiger partial charge in [0, 0.05) is 0 Å². The van der Waals surface area contributed by atoms with Gasteiger partial charge in [0.1, 0.15) is 11.4 Å². The summed E-state index contributed by atoms with van der Waals surface area (Å²) >= 11 is 0. The van der Waals surface area contributed by atoms with Gasteiger partial charge in [-0.3, -0.25) is 4.79 Å². The summed E-state index contributed by atoms with van der Waals surface area (Å²) in [7, 11) is 1.60. The highest BCUT2D eigenvalue weighted by molar-refractivity contribution is 6.28. The smallest absolute Gasteiger partial charge is 0.333 e. The number of carbonyl (C=O) groups excluding carboxylic acids is 2. The predicted molar refractivity (Wildman–Crippen MR) is 119 cm³/mol. The summed E-state index contributed by atoms with van der Waals surface area (Å²) in [5.74, 6) is 0.392. The summed E-state index contributed by atoms with van der Waals surface area (Å²) in [6, 6.07) is 12.9. The standard InChI is InChI=1S/C25H28N2O3/c1-24(2)12-13-25(3,4)20-15-17(8-11-19(20)24)27-22(28)21(26-23(27)29)14-16-6-9-18(30-5)10-7-16/h6-11,14-15H,12-13H2,1-5H3,(H,26,29). The Morgan fingerprint density at radius 3 is 2.20 bits per heavy atom. The molecule has 1 aliphatic heterocycles. The number of methoxy groups -OCH3 is 1. The quantitative estimate of drug-likeness (QED) is 0.569. The van der Waals surface area contributed by atoms with Gasteiger partial charge in [0.15, 0.2) is 0 Å². The number of hydrogen-bond acceptors (Lipinski definition) is 3. The summed E-state index contributed by atoms with van der Waals surface area (Å²) in [5.41, 5.74) is 4.28. The minimum atomic E-state index is -0.424. The number of urea groups is 1. The lowest BCUT2D eigenvalue weighted by Crippen LogP contribution is -2.35. The number of imide groups is 1. The van der Waals surface area contributed by atoms with Crippen LogP contribution in [-0.2, 0) is 15.6 Å². The average molecular weight is 405 g/mol. The number of carbonyl (C=O) groups is 2. The molecule has 1 heterocycles. The second kappa shape index (κ2) is 7.01. The van der Waals surface area contributed by atoms with E-state index in [1.54, 1.807) is 13.2 Å². The molecule has 1 fully saturated rings. The molecule has 0 radical (unpaired) electrons. The van der Waals surface area contributed by atoms with Crippen molar-refractivity contribution in [2.45, 2.75) is 51.4 Å². The molecule has 0 spiro atoms. The van der Waals surface area contributed by atoms with Gasteiger partial charge in [0.05, 0.1) is 12.8 Å². The van der Waals surface area contributed by atoms with E-state index in [9.17, 15) is 9.59 Å². The number of benzene rings is 2. The molecule has 0 atom stereocenters. The molecule has 5 nitrogen and oxygen atoms in total. The first-order valence-electron chi connectivity index (χ1n) is 10.3. The molecule has 2 aliphatic rings. The number of rotatable bonds is 3. The van der Waals surface area contributed by atoms with Crippen molar-refractivity contribution in [2.75, 3.05) is 12.0 Å². The van der Waals surface area contributed by atoms with Crippen molar-refractivity contribution in [3.05, 3.63) is 64.9 Å². The average Bonchev–Trinajstić information content (AvgIpc) is 2.99. The molecule has 156 valence electrons. The van der Waals surface area contributed by atoms with Gasteiger partial charge in [0.25, 0.3) is 5.91 Å².